The van der Waals surface area contributed by atoms with Crippen molar-refractivity contribution in [3.05, 3.63) is 46.3 Å². The molecule has 106 valence electrons. The Bertz CT molecular complexity index is 624. The zero-order chi connectivity index (χ0) is 14.9. The number of aromatic carboxylic acids is 1. The van der Waals surface area contributed by atoms with Gasteiger partial charge in [0.1, 0.15) is 0 Å². The summed E-state index contributed by atoms with van der Waals surface area (Å²) in [6, 6.07) is 6.27. The third-order valence-corrected chi connectivity index (χ3v) is 3.14. The predicted octanol–water partition coefficient (Wildman–Crippen LogP) is 2.76. The maximum atomic E-state index is 11.2. The molecule has 0 aliphatic rings. The monoisotopic (exact) mass is 273 g/mol. The first-order valence-corrected chi connectivity index (χ1v) is 6.62. The summed E-state index contributed by atoms with van der Waals surface area (Å²) in [4.78, 5) is 11.2. The summed E-state index contributed by atoms with van der Waals surface area (Å²) < 4.78 is 1.68. The molecule has 0 saturated heterocycles. The zero-order valence-electron chi connectivity index (χ0n) is 12.2. The number of hydrogen-bond acceptors (Lipinski definition) is 3. The highest BCUT2D eigenvalue weighted by molar-refractivity contribution is 5.86. The Kier molecular flexibility index (Phi) is 3.88. The second-order valence-corrected chi connectivity index (χ2v) is 5.44. The summed E-state index contributed by atoms with van der Waals surface area (Å²) >= 11 is 0. The highest BCUT2D eigenvalue weighted by Crippen LogP contribution is 2.19. The average molecular weight is 273 g/mol. The van der Waals surface area contributed by atoms with E-state index in [1.165, 1.54) is 11.1 Å². The van der Waals surface area contributed by atoms with Crippen LogP contribution in [0.4, 0.5) is 0 Å². The van der Waals surface area contributed by atoms with Gasteiger partial charge in [-0.3, -0.25) is 0 Å². The van der Waals surface area contributed by atoms with Crippen LogP contribution in [0.5, 0.6) is 0 Å². The van der Waals surface area contributed by atoms with Gasteiger partial charge in [-0.2, -0.15) is 0 Å². The predicted molar refractivity (Wildman–Crippen MR) is 76.1 cm³/mol. The number of carboxylic acids is 1. The summed E-state index contributed by atoms with van der Waals surface area (Å²) in [5.41, 5.74) is 4.18. The van der Waals surface area contributed by atoms with Crippen molar-refractivity contribution in [1.82, 2.24) is 15.0 Å². The summed E-state index contributed by atoms with van der Waals surface area (Å²) in [5, 5.41) is 17.0. The van der Waals surface area contributed by atoms with Crippen molar-refractivity contribution in [3.63, 3.8) is 0 Å². The van der Waals surface area contributed by atoms with E-state index in [-0.39, 0.29) is 11.6 Å². The Balaban J connectivity index is 2.41. The number of rotatable bonds is 4. The molecular formula is C15H19N3O2. The van der Waals surface area contributed by atoms with Crippen LogP contribution in [-0.4, -0.2) is 26.1 Å². The highest BCUT2D eigenvalue weighted by atomic mass is 16.4. The van der Waals surface area contributed by atoms with E-state index >= 15 is 0 Å². The van der Waals surface area contributed by atoms with Gasteiger partial charge in [-0.25, -0.2) is 9.48 Å². The molecule has 0 saturated carbocycles. The van der Waals surface area contributed by atoms with E-state index < -0.39 is 5.97 Å². The molecule has 2 aromatic rings. The Morgan fingerprint density at radius 3 is 2.35 bits per heavy atom. The van der Waals surface area contributed by atoms with Crippen LogP contribution in [0.2, 0.25) is 0 Å². The normalized spacial score (nSPS) is 11.1. The maximum absolute atomic E-state index is 11.2. The number of carbonyl (C=O) groups is 1. The fourth-order valence-corrected chi connectivity index (χ4v) is 2.49. The zero-order valence-corrected chi connectivity index (χ0v) is 12.2. The molecule has 20 heavy (non-hydrogen) atoms. The van der Waals surface area contributed by atoms with Crippen LogP contribution >= 0.6 is 0 Å². The van der Waals surface area contributed by atoms with Crippen molar-refractivity contribution < 1.29 is 9.90 Å². The minimum atomic E-state index is -1.03. The minimum absolute atomic E-state index is 0.0457. The molecule has 0 radical (unpaired) electrons. The molecule has 5 nitrogen and oxygen atoms in total. The molecule has 0 spiro atoms. The molecule has 0 fully saturated rings. The third-order valence-electron chi connectivity index (χ3n) is 3.14. The molecule has 1 aromatic carbocycles. The standard InChI is InChI=1S/C15H19N3O2/c1-9(2)14-13(15(19)20)16-17-18(14)8-12-6-10(3)5-11(4)7-12/h5-7,9H,8H2,1-4H3,(H,19,20). The maximum Gasteiger partial charge on any atom is 0.358 e. The SMILES string of the molecule is Cc1cc(C)cc(Cn2nnc(C(=O)O)c2C(C)C)c1. The van der Waals surface area contributed by atoms with Crippen molar-refractivity contribution in [3.8, 4) is 0 Å². The number of aryl methyl sites for hydroxylation is 2. The van der Waals surface area contributed by atoms with Crippen LogP contribution in [0.15, 0.2) is 18.2 Å². The van der Waals surface area contributed by atoms with Gasteiger partial charge in [-0.05, 0) is 25.3 Å². The van der Waals surface area contributed by atoms with Crippen LogP contribution in [-0.2, 0) is 6.54 Å². The Hall–Kier alpha value is -2.17. The number of carboxylic acid groups (broad SMARTS) is 1. The second kappa shape index (κ2) is 5.45. The van der Waals surface area contributed by atoms with Gasteiger partial charge in [-0.15, -0.1) is 5.10 Å². The first-order chi connectivity index (χ1) is 9.38. The lowest BCUT2D eigenvalue weighted by Crippen LogP contribution is -2.11. The minimum Gasteiger partial charge on any atom is -0.476 e. The van der Waals surface area contributed by atoms with Crippen molar-refractivity contribution >= 4 is 5.97 Å². The lowest BCUT2D eigenvalue weighted by Gasteiger charge is -2.11. The summed E-state index contributed by atoms with van der Waals surface area (Å²) in [6.07, 6.45) is 0. The Morgan fingerprint density at radius 2 is 1.85 bits per heavy atom. The van der Waals surface area contributed by atoms with Crippen LogP contribution in [0.1, 0.15) is 52.6 Å². The van der Waals surface area contributed by atoms with Crippen LogP contribution in [0, 0.1) is 13.8 Å². The molecule has 2 rings (SSSR count). The van der Waals surface area contributed by atoms with Crippen molar-refractivity contribution in [2.45, 2.75) is 40.2 Å². The smallest absolute Gasteiger partial charge is 0.358 e. The van der Waals surface area contributed by atoms with Gasteiger partial charge in [0.15, 0.2) is 5.69 Å². The molecule has 1 heterocycles. The van der Waals surface area contributed by atoms with E-state index in [9.17, 15) is 4.79 Å². The molecule has 1 aromatic heterocycles. The van der Waals surface area contributed by atoms with Crippen molar-refractivity contribution in [2.24, 2.45) is 0 Å². The highest BCUT2D eigenvalue weighted by Gasteiger charge is 2.21. The van der Waals surface area contributed by atoms with E-state index in [1.807, 2.05) is 27.7 Å². The number of aromatic nitrogens is 3. The summed E-state index contributed by atoms with van der Waals surface area (Å²) in [6.45, 7) is 8.52. The van der Waals surface area contributed by atoms with Gasteiger partial charge in [0.05, 0.1) is 12.2 Å². The van der Waals surface area contributed by atoms with Crippen LogP contribution < -0.4 is 0 Å². The van der Waals surface area contributed by atoms with E-state index in [1.54, 1.807) is 4.68 Å². The molecule has 0 unspecified atom stereocenters. The first-order valence-electron chi connectivity index (χ1n) is 6.62. The van der Waals surface area contributed by atoms with Gasteiger partial charge in [0, 0.05) is 0 Å². The molecule has 5 heteroatoms. The molecule has 0 amide bonds. The van der Waals surface area contributed by atoms with Gasteiger partial charge in [-0.1, -0.05) is 48.4 Å². The lowest BCUT2D eigenvalue weighted by atomic mass is 10.1. The lowest BCUT2D eigenvalue weighted by molar-refractivity contribution is 0.0688. The van der Waals surface area contributed by atoms with Gasteiger partial charge in [0.2, 0.25) is 0 Å². The molecule has 1 N–H and O–H groups in total. The van der Waals surface area contributed by atoms with Gasteiger partial charge in [0.25, 0.3) is 0 Å². The quantitative estimate of drug-likeness (QED) is 0.930. The summed E-state index contributed by atoms with van der Waals surface area (Å²) in [7, 11) is 0. The number of benzene rings is 1. The van der Waals surface area contributed by atoms with Crippen LogP contribution in [0.25, 0.3) is 0 Å². The van der Waals surface area contributed by atoms with E-state index in [0.29, 0.717) is 12.2 Å². The first kappa shape index (κ1) is 14.2. The number of nitrogens with zero attached hydrogens (tertiary/aromatic N) is 3. The summed E-state index contributed by atoms with van der Waals surface area (Å²) in [5.74, 6) is -0.970. The molecule has 0 aliphatic heterocycles. The third kappa shape index (κ3) is 2.87. The molecule has 0 aliphatic carbocycles. The second-order valence-electron chi connectivity index (χ2n) is 5.44. The molecular weight excluding hydrogens is 254 g/mol. The molecule has 0 atom stereocenters. The largest absolute Gasteiger partial charge is 0.476 e. The van der Waals surface area contributed by atoms with E-state index in [2.05, 4.69) is 28.5 Å². The van der Waals surface area contributed by atoms with E-state index in [0.717, 1.165) is 5.56 Å². The van der Waals surface area contributed by atoms with Gasteiger partial charge >= 0.3 is 5.97 Å². The fourth-order valence-electron chi connectivity index (χ4n) is 2.49. The average Bonchev–Trinajstić information content (AvgIpc) is 2.71. The van der Waals surface area contributed by atoms with Crippen LogP contribution in [0.3, 0.4) is 0 Å². The fraction of sp³-hybridized carbons (Fsp3) is 0.400. The Morgan fingerprint density at radius 1 is 1.25 bits per heavy atom. The van der Waals surface area contributed by atoms with Gasteiger partial charge < -0.3 is 5.11 Å². The molecule has 0 bridgehead atoms. The number of hydrogen-bond donors (Lipinski definition) is 1. The topological polar surface area (TPSA) is 68.0 Å². The Labute approximate surface area is 118 Å². The van der Waals surface area contributed by atoms with Crippen molar-refractivity contribution in [2.75, 3.05) is 0 Å². The van der Waals surface area contributed by atoms with Crippen molar-refractivity contribution in [1.29, 1.82) is 0 Å². The van der Waals surface area contributed by atoms with E-state index in [4.69, 9.17) is 5.11 Å².